The normalized spacial score (nSPS) is 11.2. The summed E-state index contributed by atoms with van der Waals surface area (Å²) in [5.74, 6) is -0.180. The maximum Gasteiger partial charge on any atom is 0.258 e. The Hall–Kier alpha value is -4.48. The maximum atomic E-state index is 13.7. The van der Waals surface area contributed by atoms with E-state index in [9.17, 15) is 9.59 Å². The topological polar surface area (TPSA) is 55.2 Å². The van der Waals surface area contributed by atoms with Crippen molar-refractivity contribution in [2.24, 2.45) is 7.05 Å². The zero-order valence-corrected chi connectivity index (χ0v) is 21.9. The summed E-state index contributed by atoms with van der Waals surface area (Å²) in [6.07, 6.45) is 5.06. The van der Waals surface area contributed by atoms with Crippen molar-refractivity contribution >= 4 is 46.1 Å². The van der Waals surface area contributed by atoms with Gasteiger partial charge in [-0.15, -0.1) is 0 Å². The van der Waals surface area contributed by atoms with E-state index >= 15 is 0 Å². The number of hydrogen-bond acceptors (Lipinski definition) is 3. The summed E-state index contributed by atoms with van der Waals surface area (Å²) in [6, 6.07) is 28.8. The molecule has 0 unspecified atom stereocenters. The van der Waals surface area contributed by atoms with Crippen LogP contribution in [0.2, 0.25) is 5.02 Å². The van der Waals surface area contributed by atoms with Gasteiger partial charge < -0.3 is 9.47 Å². The van der Waals surface area contributed by atoms with Crippen LogP contribution in [0.5, 0.6) is 0 Å². The molecule has 0 aliphatic carbocycles. The molecule has 38 heavy (non-hydrogen) atoms. The van der Waals surface area contributed by atoms with Gasteiger partial charge in [0.2, 0.25) is 0 Å². The number of rotatable bonds is 7. The lowest BCUT2D eigenvalue weighted by atomic mass is 10.0. The van der Waals surface area contributed by atoms with Crippen LogP contribution in [0.25, 0.3) is 28.2 Å². The summed E-state index contributed by atoms with van der Waals surface area (Å²) < 4.78 is 1.98. The second-order valence-electron chi connectivity index (χ2n) is 9.16. The van der Waals surface area contributed by atoms with Crippen LogP contribution >= 0.6 is 11.6 Å². The molecule has 6 heteroatoms. The number of ketones is 1. The molecule has 0 radical (unpaired) electrons. The molecule has 1 aromatic heterocycles. The van der Waals surface area contributed by atoms with Crippen molar-refractivity contribution in [3.63, 3.8) is 0 Å². The molecule has 0 fully saturated rings. The summed E-state index contributed by atoms with van der Waals surface area (Å²) in [6.45, 7) is 1.79. The Kier molecular flexibility index (Phi) is 7.20. The van der Waals surface area contributed by atoms with E-state index < -0.39 is 0 Å². The number of carbonyl (C=O) groups is 2. The number of nitrogens with zero attached hydrogens (tertiary/aromatic N) is 3. The van der Waals surface area contributed by atoms with Crippen LogP contribution < -0.4 is 4.90 Å². The van der Waals surface area contributed by atoms with Crippen LogP contribution in [0.3, 0.4) is 0 Å². The number of carbonyl (C=O) groups excluding carboxylic acids is 2. The van der Waals surface area contributed by atoms with E-state index in [4.69, 9.17) is 11.6 Å². The van der Waals surface area contributed by atoms with E-state index in [1.54, 1.807) is 29.4 Å². The number of halogens is 1. The SMILES string of the molecule is CC(=O)/C=C/c1cccc(N(Cc2ccc(-c3ccc4c(c3)ncn4C)cc2Cl)C(=O)c2ccccc2)c1. The molecule has 5 aromatic rings. The minimum atomic E-state index is -0.140. The van der Waals surface area contributed by atoms with Crippen molar-refractivity contribution in [2.75, 3.05) is 4.90 Å². The number of aryl methyl sites for hydroxylation is 1. The Morgan fingerprint density at radius 2 is 1.68 bits per heavy atom. The molecule has 0 N–H and O–H groups in total. The molecule has 0 aliphatic rings. The quantitative estimate of drug-likeness (QED) is 0.211. The first-order valence-electron chi connectivity index (χ1n) is 12.2. The van der Waals surface area contributed by atoms with Crippen molar-refractivity contribution in [3.05, 3.63) is 125 Å². The van der Waals surface area contributed by atoms with Crippen molar-refractivity contribution in [1.82, 2.24) is 9.55 Å². The average molecular weight is 520 g/mol. The van der Waals surface area contributed by atoms with E-state index in [-0.39, 0.29) is 18.2 Å². The van der Waals surface area contributed by atoms with Crippen LogP contribution in [-0.2, 0) is 18.4 Å². The predicted molar refractivity (Wildman–Crippen MR) is 154 cm³/mol. The smallest absolute Gasteiger partial charge is 0.258 e. The number of anilines is 1. The van der Waals surface area contributed by atoms with Crippen LogP contribution in [-0.4, -0.2) is 21.2 Å². The number of hydrogen-bond donors (Lipinski definition) is 0. The second kappa shape index (κ2) is 10.9. The molecule has 1 heterocycles. The predicted octanol–water partition coefficient (Wildman–Crippen LogP) is 7.34. The van der Waals surface area contributed by atoms with E-state index in [1.807, 2.05) is 84.4 Å². The molecule has 1 amide bonds. The average Bonchev–Trinajstić information content (AvgIpc) is 3.31. The van der Waals surface area contributed by atoms with Gasteiger partial charge >= 0.3 is 0 Å². The molecule has 0 atom stereocenters. The van der Waals surface area contributed by atoms with Gasteiger partial charge in [-0.05, 0) is 77.7 Å². The lowest BCUT2D eigenvalue weighted by Gasteiger charge is -2.24. The van der Waals surface area contributed by atoms with Gasteiger partial charge in [-0.2, -0.15) is 0 Å². The molecule has 0 bridgehead atoms. The Bertz CT molecular complexity index is 1670. The fourth-order valence-corrected chi connectivity index (χ4v) is 4.61. The zero-order chi connectivity index (χ0) is 26.6. The first-order valence-corrected chi connectivity index (χ1v) is 12.6. The standard InChI is InChI=1S/C32H26ClN3O2/c1-22(37)11-12-23-7-6-10-28(17-23)36(32(38)24-8-4-3-5-9-24)20-27-14-13-25(18-29(27)33)26-15-16-31-30(19-26)34-21-35(31)2/h3-19,21H,20H2,1-2H3/b12-11+. The van der Waals surface area contributed by atoms with Gasteiger partial charge in [-0.1, -0.05) is 66.2 Å². The third-order valence-corrected chi connectivity index (χ3v) is 6.75. The van der Waals surface area contributed by atoms with Gasteiger partial charge in [0.05, 0.1) is 23.9 Å². The molecule has 4 aromatic carbocycles. The van der Waals surface area contributed by atoms with Crippen LogP contribution in [0, 0.1) is 0 Å². The third kappa shape index (κ3) is 5.43. The first-order chi connectivity index (χ1) is 18.4. The summed E-state index contributed by atoms with van der Waals surface area (Å²) in [5, 5.41) is 0.571. The van der Waals surface area contributed by atoms with Gasteiger partial charge in [-0.25, -0.2) is 4.98 Å². The molecule has 188 valence electrons. The fraction of sp³-hybridized carbons (Fsp3) is 0.0938. The molecule has 0 saturated heterocycles. The molecule has 0 spiro atoms. The van der Waals surface area contributed by atoms with E-state index in [0.29, 0.717) is 16.3 Å². The lowest BCUT2D eigenvalue weighted by Crippen LogP contribution is -2.30. The van der Waals surface area contributed by atoms with Crippen LogP contribution in [0.15, 0.2) is 103 Å². The number of allylic oxidation sites excluding steroid dienone is 1. The van der Waals surface area contributed by atoms with Gasteiger partial charge in [0.15, 0.2) is 5.78 Å². The van der Waals surface area contributed by atoms with Crippen molar-refractivity contribution in [1.29, 1.82) is 0 Å². The highest BCUT2D eigenvalue weighted by atomic mass is 35.5. The Balaban J connectivity index is 1.49. The Morgan fingerprint density at radius 3 is 2.45 bits per heavy atom. The number of benzene rings is 4. The van der Waals surface area contributed by atoms with Crippen LogP contribution in [0.1, 0.15) is 28.4 Å². The molecular weight excluding hydrogens is 494 g/mol. The van der Waals surface area contributed by atoms with E-state index in [0.717, 1.165) is 33.3 Å². The molecular formula is C32H26ClN3O2. The summed E-state index contributed by atoms with van der Waals surface area (Å²) in [7, 11) is 1.97. The highest BCUT2D eigenvalue weighted by Gasteiger charge is 2.20. The van der Waals surface area contributed by atoms with Crippen molar-refractivity contribution in [3.8, 4) is 11.1 Å². The van der Waals surface area contributed by atoms with Crippen molar-refractivity contribution in [2.45, 2.75) is 13.5 Å². The maximum absolute atomic E-state index is 13.7. The molecule has 0 aliphatic heterocycles. The lowest BCUT2D eigenvalue weighted by molar-refractivity contribution is -0.112. The highest BCUT2D eigenvalue weighted by molar-refractivity contribution is 6.31. The third-order valence-electron chi connectivity index (χ3n) is 6.40. The highest BCUT2D eigenvalue weighted by Crippen LogP contribution is 2.30. The largest absolute Gasteiger partial charge is 0.334 e. The number of fused-ring (bicyclic) bond motifs is 1. The minimum Gasteiger partial charge on any atom is -0.334 e. The number of amides is 1. The van der Waals surface area contributed by atoms with Crippen molar-refractivity contribution < 1.29 is 9.59 Å². The van der Waals surface area contributed by atoms with E-state index in [1.165, 1.54) is 13.0 Å². The van der Waals surface area contributed by atoms with Gasteiger partial charge in [-0.3, -0.25) is 9.59 Å². The summed E-state index contributed by atoms with van der Waals surface area (Å²) in [4.78, 5) is 31.3. The second-order valence-corrected chi connectivity index (χ2v) is 9.57. The fourth-order valence-electron chi connectivity index (χ4n) is 4.37. The van der Waals surface area contributed by atoms with Gasteiger partial charge in [0, 0.05) is 23.3 Å². The Morgan fingerprint density at radius 1 is 0.921 bits per heavy atom. The monoisotopic (exact) mass is 519 g/mol. The zero-order valence-electron chi connectivity index (χ0n) is 21.1. The first kappa shape index (κ1) is 25.2. The molecule has 5 nitrogen and oxygen atoms in total. The summed E-state index contributed by atoms with van der Waals surface area (Å²) >= 11 is 6.79. The Labute approximate surface area is 226 Å². The van der Waals surface area contributed by atoms with E-state index in [2.05, 4.69) is 11.1 Å². The van der Waals surface area contributed by atoms with Gasteiger partial charge in [0.25, 0.3) is 5.91 Å². The number of aromatic nitrogens is 2. The molecule has 5 rings (SSSR count). The number of imidazole rings is 1. The van der Waals surface area contributed by atoms with Gasteiger partial charge in [0.1, 0.15) is 0 Å². The molecule has 0 saturated carbocycles. The summed E-state index contributed by atoms with van der Waals surface area (Å²) in [5.41, 5.74) is 6.92. The van der Waals surface area contributed by atoms with Crippen LogP contribution in [0.4, 0.5) is 5.69 Å². The minimum absolute atomic E-state index is 0.0401.